The molecule has 0 amide bonds. The van der Waals surface area contributed by atoms with E-state index in [-0.39, 0.29) is 5.69 Å². The van der Waals surface area contributed by atoms with Gasteiger partial charge in [0.1, 0.15) is 0 Å². The molecule has 8 nitrogen and oxygen atoms in total. The summed E-state index contributed by atoms with van der Waals surface area (Å²) in [6.45, 7) is 0. The van der Waals surface area contributed by atoms with Crippen LogP contribution in [-0.4, -0.2) is 32.5 Å². The fourth-order valence-corrected chi connectivity index (χ4v) is 2.01. The highest BCUT2D eigenvalue weighted by molar-refractivity contribution is 5.80. The van der Waals surface area contributed by atoms with Crippen molar-refractivity contribution in [3.63, 3.8) is 0 Å². The SMILES string of the molecule is COc1cc(N/N=C\c2ccc([N+](=O)[O-])cc2)cc(OC)c1OC. The van der Waals surface area contributed by atoms with Gasteiger partial charge in [-0.3, -0.25) is 15.5 Å². The fourth-order valence-electron chi connectivity index (χ4n) is 2.01. The Morgan fingerprint density at radius 2 is 1.62 bits per heavy atom. The zero-order valence-electron chi connectivity index (χ0n) is 13.5. The van der Waals surface area contributed by atoms with Gasteiger partial charge in [0.05, 0.1) is 38.2 Å². The largest absolute Gasteiger partial charge is 0.493 e. The number of hydrazone groups is 1. The van der Waals surface area contributed by atoms with Crippen LogP contribution in [0.25, 0.3) is 0 Å². The summed E-state index contributed by atoms with van der Waals surface area (Å²) in [7, 11) is 4.59. The maximum Gasteiger partial charge on any atom is 0.269 e. The summed E-state index contributed by atoms with van der Waals surface area (Å²) >= 11 is 0. The molecule has 0 aliphatic carbocycles. The molecule has 0 fully saturated rings. The molecule has 2 aromatic carbocycles. The number of hydrogen-bond acceptors (Lipinski definition) is 7. The van der Waals surface area contributed by atoms with Crippen molar-refractivity contribution < 1.29 is 19.1 Å². The molecule has 0 bridgehead atoms. The molecule has 1 N–H and O–H groups in total. The second-order valence-electron chi connectivity index (χ2n) is 4.63. The Balaban J connectivity index is 2.14. The van der Waals surface area contributed by atoms with Crippen molar-refractivity contribution in [2.45, 2.75) is 0 Å². The number of nitro groups is 1. The highest BCUT2D eigenvalue weighted by Crippen LogP contribution is 2.39. The number of hydrogen-bond donors (Lipinski definition) is 1. The number of ether oxygens (including phenoxy) is 3. The first-order valence-electron chi connectivity index (χ1n) is 6.92. The third-order valence-corrected chi connectivity index (χ3v) is 3.18. The van der Waals surface area contributed by atoms with Gasteiger partial charge in [0.2, 0.25) is 5.75 Å². The lowest BCUT2D eigenvalue weighted by Crippen LogP contribution is -1.97. The third kappa shape index (κ3) is 3.92. The lowest BCUT2D eigenvalue weighted by atomic mass is 10.2. The van der Waals surface area contributed by atoms with Gasteiger partial charge in [-0.25, -0.2) is 0 Å². The molecule has 0 aliphatic heterocycles. The topological polar surface area (TPSA) is 95.2 Å². The van der Waals surface area contributed by atoms with Gasteiger partial charge >= 0.3 is 0 Å². The Morgan fingerprint density at radius 1 is 1.04 bits per heavy atom. The van der Waals surface area contributed by atoms with Crippen molar-refractivity contribution >= 4 is 17.6 Å². The van der Waals surface area contributed by atoms with Crippen LogP contribution >= 0.6 is 0 Å². The Labute approximate surface area is 138 Å². The molecule has 24 heavy (non-hydrogen) atoms. The minimum absolute atomic E-state index is 0.0322. The van der Waals surface area contributed by atoms with Crippen LogP contribution in [0.4, 0.5) is 11.4 Å². The molecule has 0 saturated carbocycles. The lowest BCUT2D eigenvalue weighted by molar-refractivity contribution is -0.384. The standard InChI is InChI=1S/C16H17N3O5/c1-22-14-8-12(9-15(23-2)16(14)24-3)18-17-10-11-4-6-13(7-5-11)19(20)21/h4-10,18H,1-3H3/b17-10-. The van der Waals surface area contributed by atoms with E-state index in [1.807, 2.05) is 0 Å². The summed E-state index contributed by atoms with van der Waals surface area (Å²) in [4.78, 5) is 10.2. The first-order valence-corrected chi connectivity index (χ1v) is 6.92. The van der Waals surface area contributed by atoms with Crippen LogP contribution < -0.4 is 19.6 Å². The second kappa shape index (κ2) is 7.82. The highest BCUT2D eigenvalue weighted by Gasteiger charge is 2.12. The van der Waals surface area contributed by atoms with Crippen LogP contribution in [0.1, 0.15) is 5.56 Å². The number of anilines is 1. The van der Waals surface area contributed by atoms with E-state index in [0.29, 0.717) is 22.9 Å². The van der Waals surface area contributed by atoms with Gasteiger partial charge in [0.25, 0.3) is 5.69 Å². The van der Waals surface area contributed by atoms with E-state index in [2.05, 4.69) is 10.5 Å². The van der Waals surface area contributed by atoms with Crippen LogP contribution in [0.5, 0.6) is 17.2 Å². The summed E-state index contributed by atoms with van der Waals surface area (Å²) in [5.41, 5.74) is 4.25. The van der Waals surface area contributed by atoms with E-state index in [9.17, 15) is 10.1 Å². The number of rotatable bonds is 7. The summed E-state index contributed by atoms with van der Waals surface area (Å²) in [6, 6.07) is 9.49. The fraction of sp³-hybridized carbons (Fsp3) is 0.188. The molecule has 0 spiro atoms. The monoisotopic (exact) mass is 331 g/mol. The van der Waals surface area contributed by atoms with Crippen LogP contribution in [0.15, 0.2) is 41.5 Å². The molecule has 0 heterocycles. The Hall–Kier alpha value is -3.29. The predicted octanol–water partition coefficient (Wildman–Crippen LogP) is 3.07. The molecule has 126 valence electrons. The minimum atomic E-state index is -0.449. The molecule has 0 saturated heterocycles. The van der Waals surface area contributed by atoms with Crippen LogP contribution in [0.3, 0.4) is 0 Å². The molecule has 0 aliphatic rings. The van der Waals surface area contributed by atoms with Gasteiger partial charge < -0.3 is 14.2 Å². The van der Waals surface area contributed by atoms with Gasteiger partial charge in [0, 0.05) is 24.3 Å². The van der Waals surface area contributed by atoms with Crippen molar-refractivity contribution in [3.8, 4) is 17.2 Å². The van der Waals surface area contributed by atoms with Crippen molar-refractivity contribution in [2.75, 3.05) is 26.8 Å². The van der Waals surface area contributed by atoms with Crippen molar-refractivity contribution in [3.05, 3.63) is 52.1 Å². The predicted molar refractivity (Wildman–Crippen MR) is 90.4 cm³/mol. The molecule has 2 rings (SSSR count). The normalized spacial score (nSPS) is 10.5. The first kappa shape index (κ1) is 17.1. The molecule has 0 atom stereocenters. The number of methoxy groups -OCH3 is 3. The maximum atomic E-state index is 10.6. The highest BCUT2D eigenvalue weighted by atomic mass is 16.6. The summed E-state index contributed by atoms with van der Waals surface area (Å²) < 4.78 is 15.8. The quantitative estimate of drug-likeness (QED) is 0.476. The van der Waals surface area contributed by atoms with E-state index in [4.69, 9.17) is 14.2 Å². The Kier molecular flexibility index (Phi) is 5.56. The van der Waals surface area contributed by atoms with E-state index in [1.54, 1.807) is 30.5 Å². The van der Waals surface area contributed by atoms with Crippen molar-refractivity contribution in [2.24, 2.45) is 5.10 Å². The summed E-state index contributed by atoms with van der Waals surface area (Å²) in [6.07, 6.45) is 1.55. The molecular weight excluding hydrogens is 314 g/mol. The Bertz CT molecular complexity index is 719. The molecule has 0 unspecified atom stereocenters. The minimum Gasteiger partial charge on any atom is -0.493 e. The molecular formula is C16H17N3O5. The van der Waals surface area contributed by atoms with Crippen LogP contribution in [0, 0.1) is 10.1 Å². The summed E-state index contributed by atoms with van der Waals surface area (Å²) in [5, 5.41) is 14.7. The first-order chi connectivity index (χ1) is 11.6. The number of nitrogens with one attached hydrogen (secondary N) is 1. The zero-order valence-corrected chi connectivity index (χ0v) is 13.5. The zero-order chi connectivity index (χ0) is 17.5. The maximum absolute atomic E-state index is 10.6. The average Bonchev–Trinajstić information content (AvgIpc) is 2.61. The van der Waals surface area contributed by atoms with E-state index >= 15 is 0 Å². The molecule has 0 radical (unpaired) electrons. The molecule has 8 heteroatoms. The smallest absolute Gasteiger partial charge is 0.269 e. The molecule has 2 aromatic rings. The van der Waals surface area contributed by atoms with E-state index < -0.39 is 4.92 Å². The van der Waals surface area contributed by atoms with Crippen molar-refractivity contribution in [1.29, 1.82) is 0 Å². The third-order valence-electron chi connectivity index (χ3n) is 3.18. The Morgan fingerprint density at radius 3 is 2.08 bits per heavy atom. The number of benzene rings is 2. The molecule has 0 aromatic heterocycles. The van der Waals surface area contributed by atoms with E-state index in [1.165, 1.54) is 33.5 Å². The number of nitro benzene ring substituents is 1. The number of non-ortho nitro benzene ring substituents is 1. The number of nitrogens with zero attached hydrogens (tertiary/aromatic N) is 2. The average molecular weight is 331 g/mol. The summed E-state index contributed by atoms with van der Waals surface area (Å²) in [5.74, 6) is 1.50. The van der Waals surface area contributed by atoms with Gasteiger partial charge in [0.15, 0.2) is 11.5 Å². The van der Waals surface area contributed by atoms with Crippen molar-refractivity contribution in [1.82, 2.24) is 0 Å². The van der Waals surface area contributed by atoms with Gasteiger partial charge in [-0.05, 0) is 17.7 Å². The van der Waals surface area contributed by atoms with E-state index in [0.717, 1.165) is 5.56 Å². The second-order valence-corrected chi connectivity index (χ2v) is 4.63. The van der Waals surface area contributed by atoms with Gasteiger partial charge in [-0.1, -0.05) is 0 Å². The lowest BCUT2D eigenvalue weighted by Gasteiger charge is -2.13. The van der Waals surface area contributed by atoms with Crippen LogP contribution in [0.2, 0.25) is 0 Å². The van der Waals surface area contributed by atoms with Gasteiger partial charge in [-0.2, -0.15) is 5.10 Å². The van der Waals surface area contributed by atoms with Crippen LogP contribution in [-0.2, 0) is 0 Å². The van der Waals surface area contributed by atoms with Gasteiger partial charge in [-0.15, -0.1) is 0 Å².